The maximum atomic E-state index is 13.2. The maximum Gasteiger partial charge on any atom is 0.410 e. The first-order valence-corrected chi connectivity index (χ1v) is 9.96. The Morgan fingerprint density at radius 1 is 1.22 bits per heavy atom. The molecule has 1 aromatic rings. The summed E-state index contributed by atoms with van der Waals surface area (Å²) in [5.41, 5.74) is 1.13. The van der Waals surface area contributed by atoms with E-state index in [1.165, 1.54) is 0 Å². The second-order valence-corrected chi connectivity index (χ2v) is 9.64. The van der Waals surface area contributed by atoms with Gasteiger partial charge in [-0.15, -0.1) is 0 Å². The summed E-state index contributed by atoms with van der Waals surface area (Å²) in [5.74, 6) is 0.132. The van der Waals surface area contributed by atoms with Crippen LogP contribution in [-0.4, -0.2) is 41.6 Å². The number of hydrogen-bond donors (Lipinski definition) is 0. The molecule has 0 bridgehead atoms. The molecule has 0 radical (unpaired) electrons. The zero-order chi connectivity index (χ0) is 20.0. The van der Waals surface area contributed by atoms with Gasteiger partial charge in [-0.2, -0.15) is 0 Å². The predicted molar refractivity (Wildman–Crippen MR) is 107 cm³/mol. The minimum atomic E-state index is -0.503. The third kappa shape index (κ3) is 4.23. The van der Waals surface area contributed by atoms with Crippen molar-refractivity contribution in [3.8, 4) is 0 Å². The summed E-state index contributed by atoms with van der Waals surface area (Å²) >= 11 is 6.22. The fraction of sp³-hybridized carbons (Fsp3) is 0.619. The van der Waals surface area contributed by atoms with Gasteiger partial charge >= 0.3 is 6.09 Å². The molecule has 2 aliphatic heterocycles. The summed E-state index contributed by atoms with van der Waals surface area (Å²) in [7, 11) is 0. The lowest BCUT2D eigenvalue weighted by Gasteiger charge is -2.45. The number of ether oxygens (including phenoxy) is 1. The minimum Gasteiger partial charge on any atom is -0.444 e. The second-order valence-electron chi connectivity index (χ2n) is 9.21. The molecule has 2 amide bonds. The summed E-state index contributed by atoms with van der Waals surface area (Å²) in [6, 6.07) is 5.86. The lowest BCUT2D eigenvalue weighted by molar-refractivity contribution is -0.127. The van der Waals surface area contributed by atoms with Crippen molar-refractivity contribution in [1.82, 2.24) is 4.90 Å². The van der Waals surface area contributed by atoms with E-state index in [0.717, 1.165) is 24.1 Å². The van der Waals surface area contributed by atoms with E-state index in [1.807, 2.05) is 57.7 Å². The van der Waals surface area contributed by atoms with Crippen LogP contribution in [0.4, 0.5) is 10.5 Å². The van der Waals surface area contributed by atoms with E-state index in [1.54, 1.807) is 4.90 Å². The molecule has 2 aliphatic rings. The molecular weight excluding hydrogens is 364 g/mol. The van der Waals surface area contributed by atoms with Gasteiger partial charge in [-0.3, -0.25) is 4.79 Å². The molecule has 0 aliphatic carbocycles. The van der Waals surface area contributed by atoms with Gasteiger partial charge in [0.2, 0.25) is 5.91 Å². The summed E-state index contributed by atoms with van der Waals surface area (Å²) < 4.78 is 5.47. The van der Waals surface area contributed by atoms with E-state index in [4.69, 9.17) is 16.3 Å². The molecule has 0 aromatic heterocycles. The van der Waals surface area contributed by atoms with Gasteiger partial charge in [0, 0.05) is 35.3 Å². The molecule has 3 rings (SSSR count). The van der Waals surface area contributed by atoms with Crippen LogP contribution in [0.15, 0.2) is 18.2 Å². The quantitative estimate of drug-likeness (QED) is 0.698. The molecule has 5 nitrogen and oxygen atoms in total. The predicted octanol–water partition coefficient (Wildman–Crippen LogP) is 4.65. The number of rotatable bonds is 1. The SMILES string of the molecule is CC(C)(C)OC(=O)N1CCC(N2C(=O)C(C)(C)Cc3ccc(Cl)cc32)CC1. The Balaban J connectivity index is 1.78. The molecule has 0 unspecified atom stereocenters. The molecule has 1 aromatic carbocycles. The topological polar surface area (TPSA) is 49.9 Å². The van der Waals surface area contributed by atoms with Crippen molar-refractivity contribution >= 4 is 29.3 Å². The van der Waals surface area contributed by atoms with Crippen LogP contribution in [0, 0.1) is 5.41 Å². The van der Waals surface area contributed by atoms with Crippen LogP contribution in [-0.2, 0) is 16.0 Å². The molecule has 27 heavy (non-hydrogen) atoms. The number of benzene rings is 1. The van der Waals surface area contributed by atoms with Gasteiger partial charge in [-0.25, -0.2) is 4.79 Å². The van der Waals surface area contributed by atoms with Crippen LogP contribution in [0.2, 0.25) is 5.02 Å². The molecule has 1 saturated heterocycles. The van der Waals surface area contributed by atoms with E-state index < -0.39 is 11.0 Å². The van der Waals surface area contributed by atoms with Crippen LogP contribution in [0.3, 0.4) is 0 Å². The first-order valence-electron chi connectivity index (χ1n) is 9.58. The Kier molecular flexibility index (Phi) is 5.19. The second kappa shape index (κ2) is 7.01. The Labute approximate surface area is 166 Å². The highest BCUT2D eigenvalue weighted by Gasteiger charge is 2.43. The Morgan fingerprint density at radius 2 is 1.85 bits per heavy atom. The molecular formula is C21H29ClN2O3. The van der Waals surface area contributed by atoms with Crippen molar-refractivity contribution in [2.24, 2.45) is 5.41 Å². The summed E-state index contributed by atoms with van der Waals surface area (Å²) in [6.45, 7) is 10.8. The van der Waals surface area contributed by atoms with Crippen molar-refractivity contribution in [2.75, 3.05) is 18.0 Å². The van der Waals surface area contributed by atoms with Gasteiger partial charge in [0.25, 0.3) is 0 Å². The zero-order valence-electron chi connectivity index (χ0n) is 16.8. The smallest absolute Gasteiger partial charge is 0.410 e. The first kappa shape index (κ1) is 20.0. The lowest BCUT2D eigenvalue weighted by Crippen LogP contribution is -2.55. The molecule has 148 valence electrons. The van der Waals surface area contributed by atoms with Crippen molar-refractivity contribution in [3.63, 3.8) is 0 Å². The molecule has 2 heterocycles. The number of fused-ring (bicyclic) bond motifs is 1. The number of nitrogens with zero attached hydrogens (tertiary/aromatic N) is 2. The Hall–Kier alpha value is -1.75. The number of likely N-dealkylation sites (tertiary alicyclic amines) is 1. The van der Waals surface area contributed by atoms with Crippen LogP contribution in [0.1, 0.15) is 53.0 Å². The maximum absolute atomic E-state index is 13.2. The molecule has 0 atom stereocenters. The number of carbonyl (C=O) groups is 2. The lowest BCUT2D eigenvalue weighted by atomic mass is 9.79. The fourth-order valence-electron chi connectivity index (χ4n) is 3.89. The van der Waals surface area contributed by atoms with Gasteiger partial charge in [-0.1, -0.05) is 31.5 Å². The Morgan fingerprint density at radius 3 is 2.44 bits per heavy atom. The number of hydrogen-bond acceptors (Lipinski definition) is 3. The van der Waals surface area contributed by atoms with E-state index in [9.17, 15) is 9.59 Å². The van der Waals surface area contributed by atoms with Crippen molar-refractivity contribution < 1.29 is 14.3 Å². The van der Waals surface area contributed by atoms with Gasteiger partial charge < -0.3 is 14.5 Å². The van der Waals surface area contributed by atoms with Crippen molar-refractivity contribution in [1.29, 1.82) is 0 Å². The molecule has 1 fully saturated rings. The van der Waals surface area contributed by atoms with E-state index in [-0.39, 0.29) is 18.0 Å². The molecule has 6 heteroatoms. The number of anilines is 1. The van der Waals surface area contributed by atoms with Gasteiger partial charge in [-0.05, 0) is 57.7 Å². The monoisotopic (exact) mass is 392 g/mol. The normalized spacial score (nSPS) is 20.4. The molecule has 0 N–H and O–H groups in total. The van der Waals surface area contributed by atoms with Crippen LogP contribution < -0.4 is 4.90 Å². The van der Waals surface area contributed by atoms with Crippen molar-refractivity contribution in [3.05, 3.63) is 28.8 Å². The van der Waals surface area contributed by atoms with Crippen LogP contribution in [0.25, 0.3) is 0 Å². The zero-order valence-corrected chi connectivity index (χ0v) is 17.6. The third-order valence-electron chi connectivity index (χ3n) is 5.22. The standard InChI is InChI=1S/C21H29ClN2O3/c1-20(2,3)27-19(26)23-10-8-16(9-11-23)24-17-12-15(22)7-6-14(17)13-21(4,5)18(24)25/h6-7,12,16H,8-11,13H2,1-5H3. The van der Waals surface area contributed by atoms with Gasteiger partial charge in [0.1, 0.15) is 5.60 Å². The largest absolute Gasteiger partial charge is 0.444 e. The van der Waals surface area contributed by atoms with E-state index >= 15 is 0 Å². The van der Waals surface area contributed by atoms with Crippen LogP contribution >= 0.6 is 11.6 Å². The van der Waals surface area contributed by atoms with E-state index in [2.05, 4.69) is 0 Å². The number of piperidine rings is 1. The third-order valence-corrected chi connectivity index (χ3v) is 5.45. The Bertz CT molecular complexity index is 746. The summed E-state index contributed by atoms with van der Waals surface area (Å²) in [4.78, 5) is 29.2. The van der Waals surface area contributed by atoms with Gasteiger partial charge in [0.15, 0.2) is 0 Å². The highest BCUT2D eigenvalue weighted by atomic mass is 35.5. The first-order chi connectivity index (χ1) is 12.5. The summed E-state index contributed by atoms with van der Waals surface area (Å²) in [5, 5.41) is 0.637. The number of amides is 2. The number of halogens is 1. The average Bonchev–Trinajstić information content (AvgIpc) is 2.55. The minimum absolute atomic E-state index is 0.0629. The molecule has 0 saturated carbocycles. The molecule has 0 spiro atoms. The van der Waals surface area contributed by atoms with E-state index in [0.29, 0.717) is 24.5 Å². The summed E-state index contributed by atoms with van der Waals surface area (Å²) in [6.07, 6.45) is 1.89. The van der Waals surface area contributed by atoms with Gasteiger partial charge in [0.05, 0.1) is 0 Å². The van der Waals surface area contributed by atoms with Crippen LogP contribution in [0.5, 0.6) is 0 Å². The highest BCUT2D eigenvalue weighted by molar-refractivity contribution is 6.31. The average molecular weight is 393 g/mol. The fourth-order valence-corrected chi connectivity index (χ4v) is 4.06. The van der Waals surface area contributed by atoms with Crippen molar-refractivity contribution in [2.45, 2.75) is 65.5 Å². The highest BCUT2D eigenvalue weighted by Crippen LogP contribution is 2.41. The number of carbonyl (C=O) groups excluding carboxylic acids is 2.